The molecule has 1 saturated heterocycles. The van der Waals surface area contributed by atoms with Crippen LogP contribution in [0, 0.1) is 28.9 Å². The van der Waals surface area contributed by atoms with E-state index in [0.717, 1.165) is 22.1 Å². The van der Waals surface area contributed by atoms with Crippen LogP contribution < -0.4 is 0 Å². The third-order valence-corrected chi connectivity index (χ3v) is 8.16. The first-order chi connectivity index (χ1) is 20.3. The largest absolute Gasteiger partial charge is 0.508 e. The third kappa shape index (κ3) is 7.45. The first-order valence-corrected chi connectivity index (χ1v) is 13.8. The molecule has 2 aliphatic heterocycles. The lowest BCUT2D eigenvalue weighted by Gasteiger charge is -2.41. The smallest absolute Gasteiger partial charge is 0.336 e. The quantitative estimate of drug-likeness (QED) is 0.265. The van der Waals surface area contributed by atoms with Gasteiger partial charge in [0.2, 0.25) is 5.91 Å². The number of benzene rings is 2. The minimum absolute atomic E-state index is 0.0416. The van der Waals surface area contributed by atoms with Crippen LogP contribution >= 0.6 is 0 Å². The Morgan fingerprint density at radius 2 is 1.84 bits per heavy atom. The number of carbonyl (C=O) groups is 3. The van der Waals surface area contributed by atoms with Gasteiger partial charge in [0, 0.05) is 26.2 Å². The summed E-state index contributed by atoms with van der Waals surface area (Å²) in [6.45, 7) is 1.12. The van der Waals surface area contributed by atoms with Gasteiger partial charge in [-0.05, 0) is 72.2 Å². The number of aliphatic carboxylic acids is 2. The molecule has 0 saturated carbocycles. The van der Waals surface area contributed by atoms with Crippen LogP contribution in [0.4, 0.5) is 8.78 Å². The van der Waals surface area contributed by atoms with Crippen molar-refractivity contribution in [2.45, 2.75) is 49.9 Å². The zero-order valence-corrected chi connectivity index (χ0v) is 23.3. The number of ether oxygens (including phenoxy) is 1. The van der Waals surface area contributed by atoms with E-state index in [1.807, 2.05) is 6.07 Å². The van der Waals surface area contributed by atoms with Gasteiger partial charge in [0.1, 0.15) is 23.9 Å². The van der Waals surface area contributed by atoms with E-state index in [-0.39, 0.29) is 30.1 Å². The second-order valence-corrected chi connectivity index (χ2v) is 11.2. The molecule has 1 amide bonds. The van der Waals surface area contributed by atoms with Crippen molar-refractivity contribution >= 4 is 17.8 Å². The van der Waals surface area contributed by atoms with E-state index >= 15 is 0 Å². The molecule has 2 aromatic carbocycles. The Morgan fingerprint density at radius 3 is 2.49 bits per heavy atom. The molecular formula is C30H33F2N3O8. The van der Waals surface area contributed by atoms with Crippen molar-refractivity contribution in [1.82, 2.24) is 9.80 Å². The van der Waals surface area contributed by atoms with Crippen molar-refractivity contribution in [2.24, 2.45) is 5.92 Å². The number of aromatic hydroxyl groups is 1. The molecule has 2 unspecified atom stereocenters. The number of carbonyl (C=O) groups excluding carboxylic acids is 1. The summed E-state index contributed by atoms with van der Waals surface area (Å²) in [6, 6.07) is 10.0. The number of fused-ring (bicyclic) bond motifs is 2. The van der Waals surface area contributed by atoms with Crippen molar-refractivity contribution in [3.8, 4) is 11.8 Å². The van der Waals surface area contributed by atoms with Crippen molar-refractivity contribution in [3.63, 3.8) is 0 Å². The highest BCUT2D eigenvalue weighted by Gasteiger charge is 2.44. The van der Waals surface area contributed by atoms with Crippen molar-refractivity contribution < 1.29 is 48.3 Å². The predicted molar refractivity (Wildman–Crippen MR) is 145 cm³/mol. The number of hydrogen-bond donors (Lipinski definition) is 4. The summed E-state index contributed by atoms with van der Waals surface area (Å²) in [5, 5.41) is 48.2. The zero-order valence-electron chi connectivity index (χ0n) is 23.3. The highest BCUT2D eigenvalue weighted by Crippen LogP contribution is 2.44. The molecule has 2 aliphatic rings. The van der Waals surface area contributed by atoms with Gasteiger partial charge in [0.15, 0.2) is 5.60 Å². The molecule has 1 spiro atoms. The van der Waals surface area contributed by atoms with Crippen molar-refractivity contribution in [2.75, 3.05) is 32.7 Å². The Balaban J connectivity index is 1.52. The summed E-state index contributed by atoms with van der Waals surface area (Å²) < 4.78 is 34.9. The molecule has 0 radical (unpaired) electrons. The maximum absolute atomic E-state index is 14.7. The van der Waals surface area contributed by atoms with Crippen LogP contribution in [-0.4, -0.2) is 86.4 Å². The molecule has 13 heteroatoms. The summed E-state index contributed by atoms with van der Waals surface area (Å²) in [5.41, 5.74) is -1.60. The number of piperidine rings is 1. The number of nitriles is 1. The standard InChI is InChI=1S/C30H33F2N3O8/c31-22-2-1-20-18-43-30(24(20)13-22)5-8-34(9-6-30)16-19(11-21-12-23(36)3-4-25(21)32)17-35(10-7-33)26(37)14-29(42,28(40)41)15-27(38)39/h1-4,12-13,19,36,42H,5-6,8-11,14-18H2,(H,38,39)(H,40,41). The number of phenolic OH excluding ortho intramolecular Hbond substituents is 1. The number of nitrogens with zero attached hydrogens (tertiary/aromatic N) is 3. The topological polar surface area (TPSA) is 172 Å². The molecule has 0 bridgehead atoms. The van der Waals surface area contributed by atoms with E-state index in [9.17, 15) is 43.7 Å². The maximum Gasteiger partial charge on any atom is 0.336 e. The van der Waals surface area contributed by atoms with Crippen LogP contribution in [0.3, 0.4) is 0 Å². The van der Waals surface area contributed by atoms with Crippen LogP contribution in [0.5, 0.6) is 5.75 Å². The van der Waals surface area contributed by atoms with Gasteiger partial charge >= 0.3 is 11.9 Å². The molecule has 43 heavy (non-hydrogen) atoms. The van der Waals surface area contributed by atoms with Crippen LogP contribution in [0.2, 0.25) is 0 Å². The Labute approximate surface area is 246 Å². The Bertz CT molecular complexity index is 1420. The molecule has 1 fully saturated rings. The number of phenols is 1. The molecular weight excluding hydrogens is 568 g/mol. The average Bonchev–Trinajstić information content (AvgIpc) is 3.28. The first kappa shape index (κ1) is 31.8. The molecule has 4 N–H and O–H groups in total. The van der Waals surface area contributed by atoms with E-state index in [2.05, 4.69) is 4.90 Å². The van der Waals surface area contributed by atoms with Gasteiger partial charge in [0.25, 0.3) is 0 Å². The van der Waals surface area contributed by atoms with Crippen molar-refractivity contribution in [3.05, 3.63) is 64.7 Å². The Hall–Kier alpha value is -4.12. The lowest BCUT2D eigenvalue weighted by Crippen LogP contribution is -2.49. The second kappa shape index (κ2) is 13.0. The maximum atomic E-state index is 14.7. The SMILES string of the molecule is N#CCN(CC(Cc1cc(O)ccc1F)CN1CCC2(CC1)OCc1ccc(F)cc12)C(=O)CC(O)(CC(=O)O)C(=O)O. The second-order valence-electron chi connectivity index (χ2n) is 11.2. The van der Waals surface area contributed by atoms with Gasteiger partial charge in [-0.1, -0.05) is 6.07 Å². The Kier molecular flexibility index (Phi) is 9.64. The number of hydrogen-bond acceptors (Lipinski definition) is 8. The predicted octanol–water partition coefficient (Wildman–Crippen LogP) is 2.38. The average molecular weight is 602 g/mol. The fourth-order valence-electron chi connectivity index (χ4n) is 5.96. The van der Waals surface area contributed by atoms with Gasteiger partial charge in [0.05, 0.1) is 31.1 Å². The van der Waals surface area contributed by atoms with Crippen LogP contribution in [0.25, 0.3) is 0 Å². The summed E-state index contributed by atoms with van der Waals surface area (Å²) >= 11 is 0. The minimum Gasteiger partial charge on any atom is -0.508 e. The lowest BCUT2D eigenvalue weighted by atomic mass is 9.83. The lowest BCUT2D eigenvalue weighted by molar-refractivity contribution is -0.169. The van der Waals surface area contributed by atoms with Crippen molar-refractivity contribution in [1.29, 1.82) is 5.26 Å². The molecule has 0 aromatic heterocycles. The Morgan fingerprint density at radius 1 is 1.12 bits per heavy atom. The van der Waals surface area contributed by atoms with Gasteiger partial charge in [-0.25, -0.2) is 13.6 Å². The summed E-state index contributed by atoms with van der Waals surface area (Å²) in [5.74, 6) is -6.08. The fourth-order valence-corrected chi connectivity index (χ4v) is 5.96. The van der Waals surface area contributed by atoms with E-state index in [4.69, 9.17) is 9.84 Å². The van der Waals surface area contributed by atoms with Gasteiger partial charge in [-0.15, -0.1) is 0 Å². The van der Waals surface area contributed by atoms with Gasteiger partial charge in [-0.3, -0.25) is 9.59 Å². The number of aliphatic hydroxyl groups is 1. The molecule has 11 nitrogen and oxygen atoms in total. The number of carboxylic acids is 2. The number of amides is 1. The monoisotopic (exact) mass is 601 g/mol. The van der Waals surface area contributed by atoms with E-state index < -0.39 is 60.2 Å². The molecule has 4 rings (SSSR count). The van der Waals surface area contributed by atoms with Gasteiger partial charge in [-0.2, -0.15) is 5.26 Å². The van der Waals surface area contributed by atoms with Crippen LogP contribution in [0.1, 0.15) is 42.4 Å². The minimum atomic E-state index is -2.89. The molecule has 2 heterocycles. The number of rotatable bonds is 12. The van der Waals surface area contributed by atoms with Crippen LogP contribution in [-0.2, 0) is 37.7 Å². The van der Waals surface area contributed by atoms with E-state index in [1.165, 1.54) is 24.3 Å². The normalized spacial score (nSPS) is 17.9. The third-order valence-electron chi connectivity index (χ3n) is 8.16. The summed E-state index contributed by atoms with van der Waals surface area (Å²) in [6.07, 6.45) is -1.16. The number of carboxylic acid groups (broad SMARTS) is 2. The molecule has 2 aromatic rings. The zero-order chi connectivity index (χ0) is 31.4. The van der Waals surface area contributed by atoms with E-state index in [1.54, 1.807) is 6.07 Å². The highest BCUT2D eigenvalue weighted by molar-refractivity contribution is 5.90. The highest BCUT2D eigenvalue weighted by atomic mass is 19.1. The van der Waals surface area contributed by atoms with Gasteiger partial charge < -0.3 is 35.0 Å². The molecule has 0 aliphatic carbocycles. The molecule has 230 valence electrons. The van der Waals surface area contributed by atoms with Crippen LogP contribution in [0.15, 0.2) is 36.4 Å². The number of likely N-dealkylation sites (tertiary alicyclic amines) is 1. The molecule has 2 atom stereocenters. The number of halogens is 2. The summed E-state index contributed by atoms with van der Waals surface area (Å²) in [7, 11) is 0. The summed E-state index contributed by atoms with van der Waals surface area (Å²) in [4.78, 5) is 39.0. The first-order valence-electron chi connectivity index (χ1n) is 13.8. The fraction of sp³-hybridized carbons (Fsp3) is 0.467. The van der Waals surface area contributed by atoms with E-state index in [0.29, 0.717) is 39.1 Å².